The molecule has 0 saturated carbocycles. The van der Waals surface area contributed by atoms with Crippen LogP contribution in [0.2, 0.25) is 0 Å². The van der Waals surface area contributed by atoms with Gasteiger partial charge in [0.05, 0.1) is 19.2 Å². The average molecular weight is 530 g/mol. The molecule has 1 heterocycles. The standard InChI is InChI=1S/C30H35N5O4/c1-7-39-25-17-14-21(18-26(25)38-6)28(29(37)31-30(3,4)5)35(22-15-12-20(2)13-16-22)27(36)19-34-24-11-9-8-10-23(24)32-33-34/h8-18,28H,7,19H2,1-6H3,(H,31,37)/t28-/m1/s1. The van der Waals surface area contributed by atoms with Crippen molar-refractivity contribution in [2.75, 3.05) is 18.6 Å². The maximum Gasteiger partial charge on any atom is 0.249 e. The number of carbonyl (C=O) groups is 2. The molecule has 204 valence electrons. The molecule has 9 heteroatoms. The molecule has 1 N–H and O–H groups in total. The van der Waals surface area contributed by atoms with E-state index >= 15 is 0 Å². The third-order valence-corrected chi connectivity index (χ3v) is 6.09. The largest absolute Gasteiger partial charge is 0.493 e. The van der Waals surface area contributed by atoms with E-state index < -0.39 is 11.6 Å². The lowest BCUT2D eigenvalue weighted by molar-refractivity contribution is -0.128. The van der Waals surface area contributed by atoms with E-state index in [-0.39, 0.29) is 18.4 Å². The normalized spacial score (nSPS) is 12.2. The number of hydrogen-bond acceptors (Lipinski definition) is 6. The van der Waals surface area contributed by atoms with Crippen LogP contribution in [0.1, 0.15) is 44.9 Å². The zero-order valence-corrected chi connectivity index (χ0v) is 23.3. The van der Waals surface area contributed by atoms with Crippen LogP contribution in [0.15, 0.2) is 66.7 Å². The molecule has 4 rings (SSSR count). The lowest BCUT2D eigenvalue weighted by Gasteiger charge is -2.34. The van der Waals surface area contributed by atoms with Gasteiger partial charge in [0.25, 0.3) is 0 Å². The molecule has 1 aromatic heterocycles. The first kappa shape index (κ1) is 27.6. The first-order chi connectivity index (χ1) is 18.6. The summed E-state index contributed by atoms with van der Waals surface area (Å²) in [5.41, 5.74) is 3.08. The monoisotopic (exact) mass is 529 g/mol. The molecule has 2 amide bonds. The van der Waals surface area contributed by atoms with Gasteiger partial charge in [-0.3, -0.25) is 14.5 Å². The molecule has 0 unspecified atom stereocenters. The van der Waals surface area contributed by atoms with Crippen molar-refractivity contribution in [2.24, 2.45) is 0 Å². The highest BCUT2D eigenvalue weighted by Crippen LogP contribution is 2.35. The topological polar surface area (TPSA) is 98.6 Å². The molecule has 0 spiro atoms. The van der Waals surface area contributed by atoms with Gasteiger partial charge in [-0.1, -0.05) is 41.1 Å². The second-order valence-corrected chi connectivity index (χ2v) is 10.3. The molecule has 0 saturated heterocycles. The smallest absolute Gasteiger partial charge is 0.249 e. The maximum absolute atomic E-state index is 14.1. The molecule has 0 aliphatic rings. The second kappa shape index (κ2) is 11.6. The highest BCUT2D eigenvalue weighted by Gasteiger charge is 2.35. The molecule has 0 radical (unpaired) electrons. The van der Waals surface area contributed by atoms with Crippen molar-refractivity contribution in [3.63, 3.8) is 0 Å². The van der Waals surface area contributed by atoms with E-state index in [0.29, 0.717) is 34.9 Å². The van der Waals surface area contributed by atoms with Crippen LogP contribution in [0.25, 0.3) is 11.0 Å². The number of hydrogen-bond donors (Lipinski definition) is 1. The SMILES string of the molecule is CCOc1ccc([C@H](C(=O)NC(C)(C)C)N(C(=O)Cn2nnc3ccccc32)c2ccc(C)cc2)cc1OC. The van der Waals surface area contributed by atoms with Gasteiger partial charge in [0.15, 0.2) is 11.5 Å². The molecule has 1 atom stereocenters. The number of methoxy groups -OCH3 is 1. The Labute approximate surface area is 228 Å². The summed E-state index contributed by atoms with van der Waals surface area (Å²) in [6.45, 7) is 9.92. The van der Waals surface area contributed by atoms with E-state index in [1.165, 1.54) is 4.90 Å². The van der Waals surface area contributed by atoms with Gasteiger partial charge < -0.3 is 14.8 Å². The predicted octanol–water partition coefficient (Wildman–Crippen LogP) is 4.84. The fourth-order valence-corrected chi connectivity index (χ4v) is 4.37. The summed E-state index contributed by atoms with van der Waals surface area (Å²) >= 11 is 0. The Morgan fingerprint density at radius 3 is 2.41 bits per heavy atom. The van der Waals surface area contributed by atoms with E-state index in [9.17, 15) is 9.59 Å². The molecule has 0 aliphatic heterocycles. The first-order valence-electron chi connectivity index (χ1n) is 12.9. The number of rotatable bonds is 9. The Kier molecular flexibility index (Phi) is 8.18. The van der Waals surface area contributed by atoms with Gasteiger partial charge >= 0.3 is 0 Å². The Balaban J connectivity index is 1.85. The van der Waals surface area contributed by atoms with Gasteiger partial charge in [-0.15, -0.1) is 5.10 Å². The molecular formula is C30H35N5O4. The number of benzene rings is 3. The van der Waals surface area contributed by atoms with Crippen molar-refractivity contribution in [1.82, 2.24) is 20.3 Å². The van der Waals surface area contributed by atoms with Crippen molar-refractivity contribution in [3.8, 4) is 11.5 Å². The number of aromatic nitrogens is 3. The summed E-state index contributed by atoms with van der Waals surface area (Å²) in [7, 11) is 1.55. The lowest BCUT2D eigenvalue weighted by Crippen LogP contribution is -2.50. The lowest BCUT2D eigenvalue weighted by atomic mass is 10.00. The van der Waals surface area contributed by atoms with Crippen LogP contribution in [0.4, 0.5) is 5.69 Å². The number of nitrogens with zero attached hydrogens (tertiary/aromatic N) is 4. The van der Waals surface area contributed by atoms with Crippen molar-refractivity contribution < 1.29 is 19.1 Å². The fraction of sp³-hybridized carbons (Fsp3) is 0.333. The Morgan fingerprint density at radius 1 is 1.03 bits per heavy atom. The summed E-state index contributed by atoms with van der Waals surface area (Å²) in [6, 6.07) is 19.3. The van der Waals surface area contributed by atoms with E-state index in [1.807, 2.05) is 83.1 Å². The van der Waals surface area contributed by atoms with Crippen LogP contribution in [0.3, 0.4) is 0 Å². The van der Waals surface area contributed by atoms with Crippen molar-refractivity contribution in [3.05, 3.63) is 77.9 Å². The fourth-order valence-electron chi connectivity index (χ4n) is 4.37. The molecule has 0 aliphatic carbocycles. The van der Waals surface area contributed by atoms with Gasteiger partial charge in [-0.2, -0.15) is 0 Å². The number of para-hydroxylation sites is 1. The number of fused-ring (bicyclic) bond motifs is 1. The van der Waals surface area contributed by atoms with Crippen molar-refractivity contribution in [1.29, 1.82) is 0 Å². The molecule has 4 aromatic rings. The van der Waals surface area contributed by atoms with Gasteiger partial charge in [-0.05, 0) is 76.6 Å². The minimum Gasteiger partial charge on any atom is -0.493 e. The number of anilines is 1. The van der Waals surface area contributed by atoms with E-state index in [1.54, 1.807) is 30.0 Å². The summed E-state index contributed by atoms with van der Waals surface area (Å²) in [4.78, 5) is 29.6. The molecule has 0 fully saturated rings. The molecule has 39 heavy (non-hydrogen) atoms. The summed E-state index contributed by atoms with van der Waals surface area (Å²) in [5.74, 6) is 0.380. The Morgan fingerprint density at radius 2 is 1.74 bits per heavy atom. The second-order valence-electron chi connectivity index (χ2n) is 10.3. The van der Waals surface area contributed by atoms with Crippen LogP contribution in [0.5, 0.6) is 11.5 Å². The van der Waals surface area contributed by atoms with Gasteiger partial charge in [0.1, 0.15) is 18.1 Å². The zero-order chi connectivity index (χ0) is 28.2. The molecule has 3 aromatic carbocycles. The van der Waals surface area contributed by atoms with Crippen LogP contribution in [-0.2, 0) is 16.1 Å². The Bertz CT molecular complexity index is 1460. The highest BCUT2D eigenvalue weighted by molar-refractivity contribution is 6.01. The molecule has 9 nitrogen and oxygen atoms in total. The van der Waals surface area contributed by atoms with Crippen molar-refractivity contribution >= 4 is 28.5 Å². The van der Waals surface area contributed by atoms with Gasteiger partial charge in [0.2, 0.25) is 11.8 Å². The molecular weight excluding hydrogens is 494 g/mol. The van der Waals surface area contributed by atoms with E-state index in [0.717, 1.165) is 11.1 Å². The van der Waals surface area contributed by atoms with Crippen LogP contribution >= 0.6 is 0 Å². The van der Waals surface area contributed by atoms with Crippen LogP contribution in [-0.4, -0.2) is 46.1 Å². The minimum absolute atomic E-state index is 0.109. The summed E-state index contributed by atoms with van der Waals surface area (Å²) in [5, 5.41) is 11.4. The summed E-state index contributed by atoms with van der Waals surface area (Å²) < 4.78 is 12.8. The zero-order valence-electron chi connectivity index (χ0n) is 23.3. The number of ether oxygens (including phenoxy) is 2. The Hall–Kier alpha value is -4.40. The maximum atomic E-state index is 14.1. The molecule has 0 bridgehead atoms. The predicted molar refractivity (Wildman–Crippen MR) is 151 cm³/mol. The van der Waals surface area contributed by atoms with Crippen LogP contribution < -0.4 is 19.7 Å². The minimum atomic E-state index is -1.00. The quantitative estimate of drug-likeness (QED) is 0.333. The third kappa shape index (κ3) is 6.37. The van der Waals surface area contributed by atoms with Gasteiger partial charge in [0, 0.05) is 11.2 Å². The first-order valence-corrected chi connectivity index (χ1v) is 12.9. The third-order valence-electron chi connectivity index (χ3n) is 6.09. The van der Waals surface area contributed by atoms with Gasteiger partial charge in [-0.25, -0.2) is 4.68 Å². The average Bonchev–Trinajstić information content (AvgIpc) is 3.30. The summed E-state index contributed by atoms with van der Waals surface area (Å²) in [6.07, 6.45) is 0. The van der Waals surface area contributed by atoms with E-state index in [4.69, 9.17) is 9.47 Å². The van der Waals surface area contributed by atoms with Crippen LogP contribution in [0, 0.1) is 6.92 Å². The van der Waals surface area contributed by atoms with E-state index in [2.05, 4.69) is 15.6 Å². The number of aryl methyl sites for hydroxylation is 1. The highest BCUT2D eigenvalue weighted by atomic mass is 16.5. The number of amides is 2. The number of nitrogens with one attached hydrogen (secondary N) is 1. The van der Waals surface area contributed by atoms with Crippen molar-refractivity contribution in [2.45, 2.75) is 52.7 Å². The number of carbonyl (C=O) groups excluding carboxylic acids is 2.